The lowest BCUT2D eigenvalue weighted by atomic mass is 10.1. The van der Waals surface area contributed by atoms with Gasteiger partial charge in [-0.2, -0.15) is 0 Å². The van der Waals surface area contributed by atoms with Crippen LogP contribution < -0.4 is 4.72 Å². The van der Waals surface area contributed by atoms with Gasteiger partial charge < -0.3 is 4.74 Å². The molecule has 0 aromatic heterocycles. The minimum absolute atomic E-state index is 0.245. The molecule has 100 valence electrons. The zero-order valence-electron chi connectivity index (χ0n) is 9.93. The van der Waals surface area contributed by atoms with Crippen LogP contribution in [-0.2, 0) is 14.8 Å². The van der Waals surface area contributed by atoms with Crippen LogP contribution in [0.4, 0.5) is 0 Å². The Kier molecular flexibility index (Phi) is 4.61. The summed E-state index contributed by atoms with van der Waals surface area (Å²) >= 11 is 5.72. The second-order valence-electron chi connectivity index (χ2n) is 4.37. The van der Waals surface area contributed by atoms with Gasteiger partial charge in [-0.05, 0) is 43.0 Å². The first-order chi connectivity index (χ1) is 8.58. The molecule has 1 heterocycles. The summed E-state index contributed by atoms with van der Waals surface area (Å²) < 4.78 is 31.7. The number of rotatable bonds is 5. The molecular formula is C12H16ClNO3S. The van der Waals surface area contributed by atoms with Crippen LogP contribution in [-0.4, -0.2) is 28.2 Å². The lowest BCUT2D eigenvalue weighted by Gasteiger charge is -2.09. The normalized spacial score (nSPS) is 20.2. The van der Waals surface area contributed by atoms with E-state index in [0.29, 0.717) is 17.5 Å². The van der Waals surface area contributed by atoms with Gasteiger partial charge in [-0.15, -0.1) is 0 Å². The van der Waals surface area contributed by atoms with E-state index in [1.807, 2.05) is 0 Å². The second kappa shape index (κ2) is 6.02. The zero-order chi connectivity index (χ0) is 13.0. The topological polar surface area (TPSA) is 55.4 Å². The molecule has 0 aliphatic carbocycles. The Morgan fingerprint density at radius 1 is 1.33 bits per heavy atom. The summed E-state index contributed by atoms with van der Waals surface area (Å²) in [5.74, 6) is 0.470. The van der Waals surface area contributed by atoms with E-state index in [0.717, 1.165) is 26.1 Å². The smallest absolute Gasteiger partial charge is 0.240 e. The molecule has 0 saturated carbocycles. The molecule has 0 radical (unpaired) electrons. The number of sulfonamides is 1. The van der Waals surface area contributed by atoms with Crippen LogP contribution in [0.3, 0.4) is 0 Å². The van der Waals surface area contributed by atoms with Gasteiger partial charge in [0.25, 0.3) is 0 Å². The molecule has 1 aromatic rings. The van der Waals surface area contributed by atoms with E-state index in [4.69, 9.17) is 16.3 Å². The van der Waals surface area contributed by atoms with Gasteiger partial charge in [0, 0.05) is 24.8 Å². The van der Waals surface area contributed by atoms with Crippen molar-refractivity contribution in [1.82, 2.24) is 4.72 Å². The predicted molar refractivity (Wildman–Crippen MR) is 70.2 cm³/mol. The molecule has 1 atom stereocenters. The van der Waals surface area contributed by atoms with Crippen LogP contribution in [0.15, 0.2) is 29.2 Å². The maximum atomic E-state index is 11.9. The molecule has 18 heavy (non-hydrogen) atoms. The third kappa shape index (κ3) is 3.68. The average molecular weight is 290 g/mol. The maximum Gasteiger partial charge on any atom is 0.240 e. The van der Waals surface area contributed by atoms with E-state index in [9.17, 15) is 8.42 Å². The van der Waals surface area contributed by atoms with Crippen LogP contribution in [0.25, 0.3) is 0 Å². The second-order valence-corrected chi connectivity index (χ2v) is 6.57. The van der Waals surface area contributed by atoms with Gasteiger partial charge in [-0.1, -0.05) is 11.6 Å². The number of hydrogen-bond donors (Lipinski definition) is 1. The average Bonchev–Trinajstić information content (AvgIpc) is 2.82. The Labute approximate surface area is 112 Å². The Balaban J connectivity index is 1.88. The van der Waals surface area contributed by atoms with Crippen LogP contribution in [0.1, 0.15) is 12.8 Å². The Hall–Kier alpha value is -0.620. The largest absolute Gasteiger partial charge is 0.381 e. The molecule has 0 spiro atoms. The van der Waals surface area contributed by atoms with Gasteiger partial charge in [0.2, 0.25) is 10.0 Å². The van der Waals surface area contributed by atoms with Gasteiger partial charge in [-0.25, -0.2) is 13.1 Å². The van der Waals surface area contributed by atoms with Crippen LogP contribution in [0, 0.1) is 5.92 Å². The highest BCUT2D eigenvalue weighted by Crippen LogP contribution is 2.17. The first-order valence-electron chi connectivity index (χ1n) is 5.91. The van der Waals surface area contributed by atoms with Crippen LogP contribution in [0.2, 0.25) is 5.02 Å². The number of halogens is 1. The summed E-state index contributed by atoms with van der Waals surface area (Å²) in [7, 11) is -3.42. The molecule has 1 aliphatic heterocycles. The molecule has 2 rings (SSSR count). The SMILES string of the molecule is O=S(=O)(NCCC1CCOC1)c1ccc(Cl)cc1. The molecule has 6 heteroatoms. The standard InChI is InChI=1S/C12H16ClNO3S/c13-11-1-3-12(4-2-11)18(15,16)14-7-5-10-6-8-17-9-10/h1-4,10,14H,5-9H2. The summed E-state index contributed by atoms with van der Waals surface area (Å²) in [5.41, 5.74) is 0. The van der Waals surface area contributed by atoms with Crippen LogP contribution in [0.5, 0.6) is 0 Å². The lowest BCUT2D eigenvalue weighted by molar-refractivity contribution is 0.184. The molecule has 1 saturated heterocycles. The van der Waals surface area contributed by atoms with E-state index in [1.165, 1.54) is 12.1 Å². The van der Waals surface area contributed by atoms with Gasteiger partial charge in [0.15, 0.2) is 0 Å². The third-order valence-corrected chi connectivity index (χ3v) is 4.72. The van der Waals surface area contributed by atoms with Crippen molar-refractivity contribution in [1.29, 1.82) is 0 Å². The van der Waals surface area contributed by atoms with Crippen molar-refractivity contribution < 1.29 is 13.2 Å². The maximum absolute atomic E-state index is 11.9. The lowest BCUT2D eigenvalue weighted by Crippen LogP contribution is -2.26. The highest BCUT2D eigenvalue weighted by Gasteiger charge is 2.17. The predicted octanol–water partition coefficient (Wildman–Crippen LogP) is 2.04. The molecule has 1 unspecified atom stereocenters. The fourth-order valence-electron chi connectivity index (χ4n) is 1.91. The highest BCUT2D eigenvalue weighted by atomic mass is 35.5. The molecule has 0 bridgehead atoms. The van der Waals surface area contributed by atoms with Gasteiger partial charge in [0.05, 0.1) is 4.90 Å². The molecule has 4 nitrogen and oxygen atoms in total. The minimum atomic E-state index is -3.42. The first kappa shape index (κ1) is 13.8. The Morgan fingerprint density at radius 2 is 2.06 bits per heavy atom. The molecule has 1 fully saturated rings. The van der Waals surface area contributed by atoms with Gasteiger partial charge in [-0.3, -0.25) is 0 Å². The van der Waals surface area contributed by atoms with Crippen molar-refractivity contribution >= 4 is 21.6 Å². The highest BCUT2D eigenvalue weighted by molar-refractivity contribution is 7.89. The van der Waals surface area contributed by atoms with E-state index in [2.05, 4.69) is 4.72 Å². The summed E-state index contributed by atoms with van der Waals surface area (Å²) in [6.07, 6.45) is 1.83. The minimum Gasteiger partial charge on any atom is -0.381 e. The summed E-state index contributed by atoms with van der Waals surface area (Å²) in [5, 5.41) is 0.525. The van der Waals surface area contributed by atoms with E-state index in [1.54, 1.807) is 12.1 Å². The molecule has 0 amide bonds. The number of benzene rings is 1. The van der Waals surface area contributed by atoms with Crippen molar-refractivity contribution in [2.75, 3.05) is 19.8 Å². The van der Waals surface area contributed by atoms with Gasteiger partial charge >= 0.3 is 0 Å². The third-order valence-electron chi connectivity index (χ3n) is 2.99. The molecule has 1 N–H and O–H groups in total. The van der Waals surface area contributed by atoms with Gasteiger partial charge in [0.1, 0.15) is 0 Å². The molecule has 1 aliphatic rings. The van der Waals surface area contributed by atoms with Crippen molar-refractivity contribution in [2.45, 2.75) is 17.7 Å². The molecular weight excluding hydrogens is 274 g/mol. The van der Waals surface area contributed by atoms with E-state index < -0.39 is 10.0 Å². The summed E-state index contributed by atoms with van der Waals surface area (Å²) in [4.78, 5) is 0.245. The fraction of sp³-hybridized carbons (Fsp3) is 0.500. The Bertz CT molecular complexity index is 481. The fourth-order valence-corrected chi connectivity index (χ4v) is 3.08. The van der Waals surface area contributed by atoms with Crippen molar-refractivity contribution in [3.05, 3.63) is 29.3 Å². The van der Waals surface area contributed by atoms with E-state index >= 15 is 0 Å². The van der Waals surface area contributed by atoms with Crippen molar-refractivity contribution in [2.24, 2.45) is 5.92 Å². The number of ether oxygens (including phenoxy) is 1. The van der Waals surface area contributed by atoms with Crippen molar-refractivity contribution in [3.8, 4) is 0 Å². The van der Waals surface area contributed by atoms with E-state index in [-0.39, 0.29) is 4.90 Å². The Morgan fingerprint density at radius 3 is 2.67 bits per heavy atom. The van der Waals surface area contributed by atoms with Crippen LogP contribution >= 0.6 is 11.6 Å². The first-order valence-corrected chi connectivity index (χ1v) is 7.77. The zero-order valence-corrected chi connectivity index (χ0v) is 11.5. The molecule has 1 aromatic carbocycles. The summed E-state index contributed by atoms with van der Waals surface area (Å²) in [6.45, 7) is 1.97. The summed E-state index contributed by atoms with van der Waals surface area (Å²) in [6, 6.07) is 6.15. The number of hydrogen-bond acceptors (Lipinski definition) is 3. The monoisotopic (exact) mass is 289 g/mol. The van der Waals surface area contributed by atoms with Crippen molar-refractivity contribution in [3.63, 3.8) is 0 Å². The number of nitrogens with one attached hydrogen (secondary N) is 1. The quantitative estimate of drug-likeness (QED) is 0.902.